The summed E-state index contributed by atoms with van der Waals surface area (Å²) >= 11 is 0. The van der Waals surface area contributed by atoms with Crippen LogP contribution in [0.25, 0.3) is 0 Å². The van der Waals surface area contributed by atoms with Gasteiger partial charge in [-0.05, 0) is 35.4 Å². The number of ether oxygens (including phenoxy) is 1. The van der Waals surface area contributed by atoms with Crippen molar-refractivity contribution in [2.24, 2.45) is 0 Å². The number of nitriles is 1. The first-order valence-electron chi connectivity index (χ1n) is 5.88. The number of nitrogens with zero attached hydrogens (tertiary/aromatic N) is 1. The molecule has 18 heavy (non-hydrogen) atoms. The molecule has 0 amide bonds. The van der Waals surface area contributed by atoms with Crippen LogP contribution < -0.4 is 4.74 Å². The first-order valence-corrected chi connectivity index (χ1v) is 5.88. The number of benzene rings is 2. The smallest absolute Gasteiger partial charge is 0.118 e. The SMILES string of the molecule is COc1ccc(C(C)c2cccc(C#N)c2)cc1. The standard InChI is InChI=1S/C16H15NO/c1-12(14-6-8-16(18-2)9-7-14)15-5-3-4-13(10-15)11-17/h3-10,12H,1-2H3. The van der Waals surface area contributed by atoms with Gasteiger partial charge in [0.15, 0.2) is 0 Å². The third-order valence-electron chi connectivity index (χ3n) is 3.13. The number of hydrogen-bond donors (Lipinski definition) is 0. The van der Waals surface area contributed by atoms with Crippen molar-refractivity contribution in [2.45, 2.75) is 12.8 Å². The molecule has 0 aliphatic rings. The van der Waals surface area contributed by atoms with Crippen LogP contribution in [0.15, 0.2) is 48.5 Å². The van der Waals surface area contributed by atoms with E-state index < -0.39 is 0 Å². The second kappa shape index (κ2) is 5.37. The van der Waals surface area contributed by atoms with Crippen molar-refractivity contribution in [3.8, 4) is 11.8 Å². The maximum absolute atomic E-state index is 8.92. The van der Waals surface area contributed by atoms with Gasteiger partial charge in [0.05, 0.1) is 18.7 Å². The van der Waals surface area contributed by atoms with Gasteiger partial charge >= 0.3 is 0 Å². The van der Waals surface area contributed by atoms with Gasteiger partial charge in [-0.1, -0.05) is 31.2 Å². The lowest BCUT2D eigenvalue weighted by atomic mass is 9.92. The fraction of sp³-hybridized carbons (Fsp3) is 0.188. The van der Waals surface area contributed by atoms with Gasteiger partial charge in [0.25, 0.3) is 0 Å². The van der Waals surface area contributed by atoms with Crippen LogP contribution in [-0.2, 0) is 0 Å². The molecule has 0 bridgehead atoms. The van der Waals surface area contributed by atoms with Crippen LogP contribution in [-0.4, -0.2) is 7.11 Å². The summed E-state index contributed by atoms with van der Waals surface area (Å²) in [5.41, 5.74) is 3.07. The Kier molecular flexibility index (Phi) is 3.64. The molecular weight excluding hydrogens is 222 g/mol. The number of methoxy groups -OCH3 is 1. The van der Waals surface area contributed by atoms with Gasteiger partial charge in [-0.15, -0.1) is 0 Å². The van der Waals surface area contributed by atoms with Crippen LogP contribution >= 0.6 is 0 Å². The molecule has 0 heterocycles. The first kappa shape index (κ1) is 12.2. The van der Waals surface area contributed by atoms with Crippen molar-refractivity contribution >= 4 is 0 Å². The second-order valence-electron chi connectivity index (χ2n) is 4.23. The third kappa shape index (κ3) is 2.52. The molecule has 2 aromatic rings. The van der Waals surface area contributed by atoms with E-state index in [-0.39, 0.29) is 5.92 Å². The molecule has 1 unspecified atom stereocenters. The van der Waals surface area contributed by atoms with Crippen molar-refractivity contribution in [1.29, 1.82) is 5.26 Å². The molecule has 1 atom stereocenters. The average molecular weight is 237 g/mol. The molecule has 0 radical (unpaired) electrons. The van der Waals surface area contributed by atoms with Gasteiger partial charge in [0.2, 0.25) is 0 Å². The molecule has 0 aliphatic carbocycles. The van der Waals surface area contributed by atoms with Gasteiger partial charge in [-0.3, -0.25) is 0 Å². The highest BCUT2D eigenvalue weighted by atomic mass is 16.5. The summed E-state index contributed by atoms with van der Waals surface area (Å²) in [5.74, 6) is 1.13. The zero-order chi connectivity index (χ0) is 13.0. The summed E-state index contributed by atoms with van der Waals surface area (Å²) in [6.07, 6.45) is 0. The van der Waals surface area contributed by atoms with Crippen LogP contribution in [0, 0.1) is 11.3 Å². The summed E-state index contributed by atoms with van der Waals surface area (Å²) < 4.78 is 5.15. The molecule has 0 spiro atoms. The van der Waals surface area contributed by atoms with E-state index in [1.807, 2.05) is 30.3 Å². The van der Waals surface area contributed by atoms with E-state index in [0.717, 1.165) is 11.3 Å². The van der Waals surface area contributed by atoms with E-state index >= 15 is 0 Å². The van der Waals surface area contributed by atoms with Crippen molar-refractivity contribution < 1.29 is 4.74 Å². The molecule has 0 aliphatic heterocycles. The van der Waals surface area contributed by atoms with E-state index in [1.165, 1.54) is 5.56 Å². The Hall–Kier alpha value is -2.27. The van der Waals surface area contributed by atoms with E-state index in [1.54, 1.807) is 7.11 Å². The largest absolute Gasteiger partial charge is 0.497 e. The average Bonchev–Trinajstić information content (AvgIpc) is 2.46. The van der Waals surface area contributed by atoms with Gasteiger partial charge < -0.3 is 4.74 Å². The van der Waals surface area contributed by atoms with Crippen LogP contribution in [0.5, 0.6) is 5.75 Å². The Morgan fingerprint density at radius 2 is 1.78 bits per heavy atom. The normalized spacial score (nSPS) is 11.6. The van der Waals surface area contributed by atoms with E-state index in [9.17, 15) is 0 Å². The van der Waals surface area contributed by atoms with Gasteiger partial charge in [0, 0.05) is 5.92 Å². The highest BCUT2D eigenvalue weighted by Crippen LogP contribution is 2.26. The molecule has 0 N–H and O–H groups in total. The summed E-state index contributed by atoms with van der Waals surface area (Å²) in [6.45, 7) is 2.14. The zero-order valence-corrected chi connectivity index (χ0v) is 10.6. The Morgan fingerprint density at radius 3 is 2.39 bits per heavy atom. The minimum Gasteiger partial charge on any atom is -0.497 e. The van der Waals surface area contributed by atoms with Crippen molar-refractivity contribution in [1.82, 2.24) is 0 Å². The zero-order valence-electron chi connectivity index (χ0n) is 10.6. The lowest BCUT2D eigenvalue weighted by molar-refractivity contribution is 0.414. The van der Waals surface area contributed by atoms with Crippen molar-refractivity contribution in [3.05, 3.63) is 65.2 Å². The molecule has 2 nitrogen and oxygen atoms in total. The van der Waals surface area contributed by atoms with Crippen LogP contribution in [0.1, 0.15) is 29.5 Å². The Morgan fingerprint density at radius 1 is 1.06 bits per heavy atom. The van der Waals surface area contributed by atoms with Crippen LogP contribution in [0.4, 0.5) is 0 Å². The minimum absolute atomic E-state index is 0.268. The molecule has 0 saturated carbocycles. The lowest BCUT2D eigenvalue weighted by Gasteiger charge is -2.13. The monoisotopic (exact) mass is 237 g/mol. The summed E-state index contributed by atoms with van der Waals surface area (Å²) in [5, 5.41) is 8.92. The maximum Gasteiger partial charge on any atom is 0.118 e. The molecule has 0 fully saturated rings. The minimum atomic E-state index is 0.268. The molecule has 0 aromatic heterocycles. The van der Waals surface area contributed by atoms with Crippen LogP contribution in [0.3, 0.4) is 0 Å². The topological polar surface area (TPSA) is 33.0 Å². The third-order valence-corrected chi connectivity index (χ3v) is 3.13. The number of hydrogen-bond acceptors (Lipinski definition) is 2. The predicted octanol–water partition coefficient (Wildman–Crippen LogP) is 3.72. The predicted molar refractivity (Wildman–Crippen MR) is 71.7 cm³/mol. The Bertz CT molecular complexity index is 566. The quantitative estimate of drug-likeness (QED) is 0.815. The summed E-state index contributed by atoms with van der Waals surface area (Å²) in [6, 6.07) is 17.9. The Balaban J connectivity index is 2.29. The molecule has 2 aromatic carbocycles. The van der Waals surface area contributed by atoms with Crippen LogP contribution in [0.2, 0.25) is 0 Å². The van der Waals surface area contributed by atoms with Gasteiger partial charge in [0.1, 0.15) is 5.75 Å². The van der Waals surface area contributed by atoms with Gasteiger partial charge in [-0.2, -0.15) is 5.26 Å². The molecule has 90 valence electrons. The van der Waals surface area contributed by atoms with E-state index in [0.29, 0.717) is 5.56 Å². The Labute approximate surface area is 107 Å². The summed E-state index contributed by atoms with van der Waals surface area (Å²) in [7, 11) is 1.66. The summed E-state index contributed by atoms with van der Waals surface area (Å²) in [4.78, 5) is 0. The fourth-order valence-electron chi connectivity index (χ4n) is 1.96. The number of rotatable bonds is 3. The van der Waals surface area contributed by atoms with Gasteiger partial charge in [-0.25, -0.2) is 0 Å². The molecular formula is C16H15NO. The fourth-order valence-corrected chi connectivity index (χ4v) is 1.96. The van der Waals surface area contributed by atoms with E-state index in [2.05, 4.69) is 31.2 Å². The molecule has 0 saturated heterocycles. The van der Waals surface area contributed by atoms with Crippen molar-refractivity contribution in [3.63, 3.8) is 0 Å². The van der Waals surface area contributed by atoms with E-state index in [4.69, 9.17) is 10.00 Å². The highest BCUT2D eigenvalue weighted by molar-refractivity contribution is 5.39. The van der Waals surface area contributed by atoms with Crippen molar-refractivity contribution in [2.75, 3.05) is 7.11 Å². The second-order valence-corrected chi connectivity index (χ2v) is 4.23. The lowest BCUT2D eigenvalue weighted by Crippen LogP contribution is -1.96. The first-order chi connectivity index (χ1) is 8.74. The highest BCUT2D eigenvalue weighted by Gasteiger charge is 2.08. The maximum atomic E-state index is 8.92. The molecule has 2 heteroatoms. The molecule has 2 rings (SSSR count).